The van der Waals surface area contributed by atoms with Gasteiger partial charge in [-0.2, -0.15) is 0 Å². The number of halogens is 2. The molecule has 2 rings (SSSR count). The molecule has 0 radical (unpaired) electrons. The smallest absolute Gasteiger partial charge is 0.321 e. The van der Waals surface area contributed by atoms with Gasteiger partial charge < -0.3 is 10.5 Å². The number of rotatable bonds is 7. The van der Waals surface area contributed by atoms with Crippen LogP contribution in [-0.4, -0.2) is 46.8 Å². The quantitative estimate of drug-likeness (QED) is 0.493. The lowest BCUT2D eigenvalue weighted by Gasteiger charge is -2.04. The summed E-state index contributed by atoms with van der Waals surface area (Å²) in [5.41, 5.74) is 4.82. The van der Waals surface area contributed by atoms with E-state index < -0.39 is 43.1 Å². The van der Waals surface area contributed by atoms with E-state index in [-0.39, 0.29) is 16.4 Å². The summed E-state index contributed by atoms with van der Waals surface area (Å²) in [4.78, 5) is 21.8. The number of amides is 1. The van der Waals surface area contributed by atoms with E-state index >= 15 is 0 Å². The molecule has 0 atom stereocenters. The van der Waals surface area contributed by atoms with Crippen LogP contribution in [0.2, 0.25) is 0 Å². The van der Waals surface area contributed by atoms with Gasteiger partial charge >= 0.3 is 5.97 Å². The third kappa shape index (κ3) is 8.94. The molecule has 8 nitrogen and oxygen atoms in total. The summed E-state index contributed by atoms with van der Waals surface area (Å²) in [6.45, 7) is 1.80. The molecule has 0 aliphatic rings. The highest BCUT2D eigenvalue weighted by molar-refractivity contribution is 9.10. The number of sulfone groups is 2. The number of ether oxygens (including phenoxy) is 1. The molecule has 1 amide bonds. The summed E-state index contributed by atoms with van der Waals surface area (Å²) < 4.78 is 52.3. The Balaban J connectivity index is 0.000000303. The van der Waals surface area contributed by atoms with Crippen molar-refractivity contribution < 1.29 is 31.2 Å². The average molecular weight is 585 g/mol. The van der Waals surface area contributed by atoms with Crippen molar-refractivity contribution in [3.63, 3.8) is 0 Å². The molecule has 2 aromatic carbocycles. The van der Waals surface area contributed by atoms with Crippen LogP contribution in [0.25, 0.3) is 0 Å². The molecule has 0 fully saturated rings. The Labute approximate surface area is 191 Å². The van der Waals surface area contributed by atoms with Gasteiger partial charge in [0.15, 0.2) is 25.4 Å². The highest BCUT2D eigenvalue weighted by Crippen LogP contribution is 2.18. The third-order valence-corrected chi connectivity index (χ3v) is 7.47. The maximum absolute atomic E-state index is 11.7. The fraction of sp³-hybridized carbons (Fsp3) is 0.222. The van der Waals surface area contributed by atoms with Gasteiger partial charge in [0.05, 0.1) is 16.4 Å². The number of benzene rings is 2. The van der Waals surface area contributed by atoms with Crippen molar-refractivity contribution in [3.05, 3.63) is 57.5 Å². The van der Waals surface area contributed by atoms with Gasteiger partial charge in [0.2, 0.25) is 5.91 Å². The van der Waals surface area contributed by atoms with Crippen molar-refractivity contribution in [2.45, 2.75) is 16.7 Å². The van der Waals surface area contributed by atoms with Gasteiger partial charge in [-0.05, 0) is 43.3 Å². The molecule has 0 spiro atoms. The molecule has 0 bridgehead atoms. The first-order valence-electron chi connectivity index (χ1n) is 8.28. The first-order chi connectivity index (χ1) is 13.9. The van der Waals surface area contributed by atoms with Gasteiger partial charge in [0, 0.05) is 8.95 Å². The third-order valence-electron chi connectivity index (χ3n) is 3.26. The lowest BCUT2D eigenvalue weighted by molar-refractivity contribution is -0.140. The summed E-state index contributed by atoms with van der Waals surface area (Å²) in [6, 6.07) is 12.3. The molecular formula is C18H19Br2NO7S2. The van der Waals surface area contributed by atoms with Crippen LogP contribution in [0.1, 0.15) is 6.92 Å². The number of primary amides is 1. The summed E-state index contributed by atoms with van der Waals surface area (Å²) >= 11 is 6.31. The largest absolute Gasteiger partial charge is 0.465 e. The zero-order valence-electron chi connectivity index (χ0n) is 15.7. The molecule has 164 valence electrons. The minimum absolute atomic E-state index is 0.0886. The van der Waals surface area contributed by atoms with E-state index in [4.69, 9.17) is 5.73 Å². The van der Waals surface area contributed by atoms with Crippen molar-refractivity contribution in [1.29, 1.82) is 0 Å². The molecule has 0 aromatic heterocycles. The van der Waals surface area contributed by atoms with Gasteiger partial charge in [-0.3, -0.25) is 9.59 Å². The van der Waals surface area contributed by atoms with E-state index in [2.05, 4.69) is 36.6 Å². The standard InChI is InChI=1S/C10H11BrO4S.C8H8BrNO3S/c1-2-15-10(12)7-16(13,14)9-5-3-4-8(11)6-9;9-6-2-1-3-7(4-6)14(12,13)5-8(10)11/h3-6H,2,7H2,1H3;1-4H,5H2,(H2,10,11). The van der Waals surface area contributed by atoms with E-state index in [0.29, 0.717) is 8.95 Å². The van der Waals surface area contributed by atoms with Gasteiger partial charge in [-0.1, -0.05) is 44.0 Å². The Hall–Kier alpha value is -1.76. The van der Waals surface area contributed by atoms with Crippen molar-refractivity contribution >= 4 is 63.4 Å². The molecule has 0 saturated heterocycles. The highest BCUT2D eigenvalue weighted by Gasteiger charge is 2.20. The van der Waals surface area contributed by atoms with E-state index in [1.807, 2.05) is 0 Å². The Morgan fingerprint density at radius 3 is 1.67 bits per heavy atom. The monoisotopic (exact) mass is 583 g/mol. The molecule has 2 aromatic rings. The van der Waals surface area contributed by atoms with Gasteiger partial charge in [-0.15, -0.1) is 0 Å². The topological polar surface area (TPSA) is 138 Å². The Morgan fingerprint density at radius 2 is 1.30 bits per heavy atom. The van der Waals surface area contributed by atoms with E-state index in [1.54, 1.807) is 31.2 Å². The van der Waals surface area contributed by atoms with Crippen molar-refractivity contribution in [2.24, 2.45) is 5.73 Å². The SMILES string of the molecule is CCOC(=O)CS(=O)(=O)c1cccc(Br)c1.NC(=O)CS(=O)(=O)c1cccc(Br)c1. The van der Waals surface area contributed by atoms with Gasteiger partial charge in [0.1, 0.15) is 5.75 Å². The van der Waals surface area contributed by atoms with Crippen molar-refractivity contribution in [1.82, 2.24) is 0 Å². The molecule has 0 aliphatic heterocycles. The summed E-state index contributed by atoms with van der Waals surface area (Å²) in [5.74, 6) is -2.88. The van der Waals surface area contributed by atoms with Crippen LogP contribution in [0, 0.1) is 0 Å². The molecule has 2 N–H and O–H groups in total. The fourth-order valence-corrected chi connectivity index (χ4v) is 5.42. The minimum Gasteiger partial charge on any atom is -0.465 e. The minimum atomic E-state index is -3.61. The lowest BCUT2D eigenvalue weighted by Crippen LogP contribution is -2.23. The summed E-state index contributed by atoms with van der Waals surface area (Å²) in [6.07, 6.45) is 0. The molecule has 30 heavy (non-hydrogen) atoms. The molecule has 0 saturated carbocycles. The first kappa shape index (κ1) is 26.3. The van der Waals surface area contributed by atoms with Crippen LogP contribution < -0.4 is 5.73 Å². The van der Waals surface area contributed by atoms with Gasteiger partial charge in [-0.25, -0.2) is 16.8 Å². The second-order valence-corrected chi connectivity index (χ2v) is 11.5. The predicted molar refractivity (Wildman–Crippen MR) is 118 cm³/mol. The van der Waals surface area contributed by atoms with E-state index in [1.165, 1.54) is 24.3 Å². The van der Waals surface area contributed by atoms with Crippen molar-refractivity contribution in [2.75, 3.05) is 18.1 Å². The maximum Gasteiger partial charge on any atom is 0.321 e. The second-order valence-electron chi connectivity index (χ2n) is 5.70. The number of carbonyl (C=O) groups is 2. The fourth-order valence-electron chi connectivity index (χ4n) is 2.03. The lowest BCUT2D eigenvalue weighted by atomic mass is 10.4. The normalized spacial score (nSPS) is 11.2. The zero-order valence-corrected chi connectivity index (χ0v) is 20.6. The first-order valence-corrected chi connectivity index (χ1v) is 13.2. The molecule has 12 heteroatoms. The molecule has 0 unspecified atom stereocenters. The van der Waals surface area contributed by atoms with Crippen LogP contribution in [0.4, 0.5) is 0 Å². The van der Waals surface area contributed by atoms with Crippen LogP contribution in [0.15, 0.2) is 67.3 Å². The molecule has 0 aliphatic carbocycles. The predicted octanol–water partition coefficient (Wildman–Crippen LogP) is 2.49. The van der Waals surface area contributed by atoms with Crippen LogP contribution in [0.3, 0.4) is 0 Å². The summed E-state index contributed by atoms with van der Waals surface area (Å²) in [7, 11) is -7.20. The van der Waals surface area contributed by atoms with Crippen LogP contribution in [0.5, 0.6) is 0 Å². The number of carbonyl (C=O) groups excluding carboxylic acids is 2. The Bertz CT molecular complexity index is 1120. The Morgan fingerprint density at radius 1 is 0.867 bits per heavy atom. The number of nitrogens with two attached hydrogens (primary N) is 1. The van der Waals surface area contributed by atoms with E-state index in [0.717, 1.165) is 0 Å². The van der Waals surface area contributed by atoms with Gasteiger partial charge in [0.25, 0.3) is 0 Å². The van der Waals surface area contributed by atoms with E-state index in [9.17, 15) is 26.4 Å². The Kier molecular flexibility index (Phi) is 10.1. The van der Waals surface area contributed by atoms with Crippen LogP contribution in [-0.2, 0) is 34.0 Å². The zero-order chi connectivity index (χ0) is 22.9. The molecule has 0 heterocycles. The second kappa shape index (κ2) is 11.6. The maximum atomic E-state index is 11.7. The average Bonchev–Trinajstić information content (AvgIpc) is 2.61. The highest BCUT2D eigenvalue weighted by atomic mass is 79.9. The number of hydrogen-bond donors (Lipinski definition) is 1. The molecular weight excluding hydrogens is 566 g/mol. The van der Waals surface area contributed by atoms with Crippen molar-refractivity contribution in [3.8, 4) is 0 Å². The van der Waals surface area contributed by atoms with Crippen LogP contribution >= 0.6 is 31.9 Å². The summed E-state index contributed by atoms with van der Waals surface area (Å²) in [5, 5.41) is 0. The number of esters is 1. The number of hydrogen-bond acceptors (Lipinski definition) is 7.